The highest BCUT2D eigenvalue weighted by Crippen LogP contribution is 2.33. The van der Waals surface area contributed by atoms with Crippen LogP contribution in [0.25, 0.3) is 45.7 Å². The van der Waals surface area contributed by atoms with E-state index in [9.17, 15) is 14.4 Å². The SMILES string of the molecule is CC(C)Oc1ccc(-c2noc(-c3ccc(C=O)cc3)n2)cc1Cl.CC(C)Oc1ccc(-c2noc(-c3ccc(CN4CC(C(=O)O)C4)cc3)n2)cc1Cl.O=C(O)C1CNC1. The molecule has 0 aliphatic carbocycles. The summed E-state index contributed by atoms with van der Waals surface area (Å²) in [4.78, 5) is 42.5. The van der Waals surface area contributed by atoms with E-state index in [1.165, 1.54) is 0 Å². The molecule has 4 aromatic carbocycles. The minimum absolute atomic E-state index is 0.0350. The quantitative estimate of drug-likeness (QED) is 0.0934. The van der Waals surface area contributed by atoms with Gasteiger partial charge in [-0.15, -0.1) is 0 Å². The number of nitrogens with one attached hydrogen (secondary N) is 1. The van der Waals surface area contributed by atoms with E-state index in [0.717, 1.165) is 40.6 Å². The molecule has 61 heavy (non-hydrogen) atoms. The molecule has 0 radical (unpaired) electrons. The lowest BCUT2D eigenvalue weighted by molar-refractivity contribution is -0.148. The van der Waals surface area contributed by atoms with E-state index in [4.69, 9.17) is 51.9 Å². The van der Waals surface area contributed by atoms with E-state index in [0.29, 0.717) is 76.7 Å². The van der Waals surface area contributed by atoms with Gasteiger partial charge in [-0.1, -0.05) is 57.8 Å². The van der Waals surface area contributed by atoms with Crippen LogP contribution in [0.1, 0.15) is 43.6 Å². The summed E-state index contributed by atoms with van der Waals surface area (Å²) in [5, 5.41) is 29.0. The van der Waals surface area contributed by atoms with Crippen molar-refractivity contribution in [3.05, 3.63) is 106 Å². The Morgan fingerprint density at radius 2 is 1.16 bits per heavy atom. The molecule has 2 fully saturated rings. The summed E-state index contributed by atoms with van der Waals surface area (Å²) in [5.74, 6) is 1.15. The highest BCUT2D eigenvalue weighted by Gasteiger charge is 2.32. The molecule has 0 bridgehead atoms. The average Bonchev–Trinajstić information content (AvgIpc) is 3.89. The second kappa shape index (κ2) is 20.4. The summed E-state index contributed by atoms with van der Waals surface area (Å²) >= 11 is 12.5. The first kappa shape index (κ1) is 44.4. The van der Waals surface area contributed by atoms with Crippen molar-refractivity contribution in [2.75, 3.05) is 26.2 Å². The first-order chi connectivity index (χ1) is 29.3. The van der Waals surface area contributed by atoms with Crippen molar-refractivity contribution in [2.45, 2.75) is 46.4 Å². The fourth-order valence-electron chi connectivity index (χ4n) is 5.93. The number of carbonyl (C=O) groups excluding carboxylic acids is 1. The number of likely N-dealkylation sites (tertiary alicyclic amines) is 1. The lowest BCUT2D eigenvalue weighted by Crippen LogP contribution is -2.49. The monoisotopic (exact) mass is 870 g/mol. The number of hydrogen-bond donors (Lipinski definition) is 3. The van der Waals surface area contributed by atoms with Crippen LogP contribution in [0.4, 0.5) is 0 Å². The van der Waals surface area contributed by atoms with Crippen molar-refractivity contribution in [3.63, 3.8) is 0 Å². The van der Waals surface area contributed by atoms with Gasteiger partial charge < -0.3 is 34.0 Å². The van der Waals surface area contributed by atoms with Gasteiger partial charge in [-0.05, 0) is 93.9 Å². The van der Waals surface area contributed by atoms with Crippen LogP contribution >= 0.6 is 23.2 Å². The maximum Gasteiger partial charge on any atom is 0.309 e. The molecule has 2 aromatic heterocycles. The Bertz CT molecular complexity index is 2430. The smallest absolute Gasteiger partial charge is 0.309 e. The molecule has 8 rings (SSSR count). The Morgan fingerprint density at radius 3 is 1.52 bits per heavy atom. The number of carbonyl (C=O) groups is 3. The third-order valence-corrected chi connectivity index (χ3v) is 9.89. The Kier molecular flexibility index (Phi) is 14.9. The van der Waals surface area contributed by atoms with Gasteiger partial charge in [0.05, 0.1) is 34.1 Å². The number of aldehydes is 1. The number of aliphatic carboxylic acids is 2. The van der Waals surface area contributed by atoms with Gasteiger partial charge in [0.2, 0.25) is 11.6 Å². The van der Waals surface area contributed by atoms with Crippen LogP contribution in [0.2, 0.25) is 10.0 Å². The molecular weight excluding hydrogens is 827 g/mol. The zero-order chi connectivity index (χ0) is 43.6. The van der Waals surface area contributed by atoms with Crippen molar-refractivity contribution in [1.82, 2.24) is 30.5 Å². The van der Waals surface area contributed by atoms with Crippen LogP contribution in [0.5, 0.6) is 11.5 Å². The first-order valence-electron chi connectivity index (χ1n) is 19.4. The third kappa shape index (κ3) is 12.0. The van der Waals surface area contributed by atoms with Gasteiger partial charge in [-0.25, -0.2) is 0 Å². The van der Waals surface area contributed by atoms with E-state index >= 15 is 0 Å². The molecule has 0 amide bonds. The normalized spacial score (nSPS) is 13.9. The molecule has 15 nitrogen and oxygen atoms in total. The number of ether oxygens (including phenoxy) is 2. The van der Waals surface area contributed by atoms with E-state index in [1.54, 1.807) is 48.5 Å². The van der Waals surface area contributed by atoms with Crippen LogP contribution in [-0.2, 0) is 16.1 Å². The Labute approximate surface area is 361 Å². The highest BCUT2D eigenvalue weighted by atomic mass is 35.5. The number of rotatable bonds is 13. The maximum absolute atomic E-state index is 10.9. The summed E-state index contributed by atoms with van der Waals surface area (Å²) in [7, 11) is 0. The van der Waals surface area contributed by atoms with Gasteiger partial charge in [0.15, 0.2) is 0 Å². The average molecular weight is 872 g/mol. The highest BCUT2D eigenvalue weighted by molar-refractivity contribution is 6.32. The minimum Gasteiger partial charge on any atom is -0.489 e. The van der Waals surface area contributed by atoms with Crippen LogP contribution < -0.4 is 14.8 Å². The van der Waals surface area contributed by atoms with Crippen LogP contribution in [0.15, 0.2) is 94.0 Å². The van der Waals surface area contributed by atoms with E-state index in [1.807, 2.05) is 64.1 Å². The van der Waals surface area contributed by atoms with E-state index in [-0.39, 0.29) is 24.0 Å². The van der Waals surface area contributed by atoms with Gasteiger partial charge in [-0.2, -0.15) is 9.97 Å². The van der Waals surface area contributed by atoms with Gasteiger partial charge in [0.25, 0.3) is 11.8 Å². The van der Waals surface area contributed by atoms with Gasteiger partial charge in [0, 0.05) is 60.5 Å². The molecule has 17 heteroatoms. The fourth-order valence-corrected chi connectivity index (χ4v) is 6.38. The van der Waals surface area contributed by atoms with Crippen molar-refractivity contribution in [1.29, 1.82) is 0 Å². The zero-order valence-electron chi connectivity index (χ0n) is 33.7. The van der Waals surface area contributed by atoms with Crippen LogP contribution in [0.3, 0.4) is 0 Å². The summed E-state index contributed by atoms with van der Waals surface area (Å²) in [6.07, 6.45) is 0.860. The molecule has 0 spiro atoms. The summed E-state index contributed by atoms with van der Waals surface area (Å²) in [6, 6.07) is 25.5. The molecule has 2 aliphatic rings. The number of nitrogens with zero attached hydrogens (tertiary/aromatic N) is 5. The molecule has 6 aromatic rings. The molecule has 0 atom stereocenters. The fraction of sp³-hybridized carbons (Fsp3) is 0.295. The molecule has 4 heterocycles. The predicted octanol–water partition coefficient (Wildman–Crippen LogP) is 8.31. The molecule has 3 N–H and O–H groups in total. The topological polar surface area (TPSA) is 203 Å². The number of carboxylic acids is 2. The second-order valence-electron chi connectivity index (χ2n) is 14.8. The first-order valence-corrected chi connectivity index (χ1v) is 20.2. The summed E-state index contributed by atoms with van der Waals surface area (Å²) in [5.41, 5.74) is 4.73. The zero-order valence-corrected chi connectivity index (χ0v) is 35.3. The predicted molar refractivity (Wildman–Crippen MR) is 228 cm³/mol. The van der Waals surface area contributed by atoms with Crippen molar-refractivity contribution in [3.8, 4) is 57.2 Å². The van der Waals surface area contributed by atoms with Gasteiger partial charge in [-0.3, -0.25) is 19.3 Å². The lowest BCUT2D eigenvalue weighted by atomic mass is 9.99. The van der Waals surface area contributed by atoms with E-state index in [2.05, 4.69) is 30.5 Å². The number of benzene rings is 4. The Morgan fingerprint density at radius 1 is 0.721 bits per heavy atom. The number of carboxylic acid groups (broad SMARTS) is 2. The largest absolute Gasteiger partial charge is 0.489 e. The number of halogens is 2. The summed E-state index contributed by atoms with van der Waals surface area (Å²) in [6.45, 7) is 11.0. The maximum atomic E-state index is 10.9. The Balaban J connectivity index is 0.000000179. The molecular formula is C44H44Cl2N6O9. The molecule has 0 unspecified atom stereocenters. The molecule has 318 valence electrons. The minimum atomic E-state index is -0.725. The number of hydrogen-bond acceptors (Lipinski definition) is 13. The molecule has 2 saturated heterocycles. The van der Waals surface area contributed by atoms with Crippen molar-refractivity contribution < 1.29 is 43.1 Å². The second-order valence-corrected chi connectivity index (χ2v) is 15.6. The van der Waals surface area contributed by atoms with Gasteiger partial charge in [0.1, 0.15) is 17.8 Å². The Hall–Kier alpha value is -6.13. The standard InChI is InChI=1S/C22H22ClN3O4.C18H15ClN2O3.C4H7NO2/c1-13(2)29-19-8-7-16(9-18(19)23)20-24-21(30-25-20)15-5-3-14(4-6-15)10-26-11-17(12-26)22(27)28;1-11(2)23-16-8-7-14(9-15(16)19)17-20-18(24-21-17)13-5-3-12(10-22)4-6-13;6-4(7)3-1-5-2-3/h3-9,13,17H,10-12H2,1-2H3,(H,27,28);3-11H,1-2H3;3,5H,1-2H2,(H,6,7). The molecule has 2 aliphatic heterocycles. The van der Waals surface area contributed by atoms with Crippen LogP contribution in [0, 0.1) is 11.8 Å². The van der Waals surface area contributed by atoms with E-state index < -0.39 is 11.9 Å². The van der Waals surface area contributed by atoms with Gasteiger partial charge >= 0.3 is 11.9 Å². The number of aromatic nitrogens is 4. The molecule has 0 saturated carbocycles. The van der Waals surface area contributed by atoms with Crippen molar-refractivity contribution in [2.24, 2.45) is 11.8 Å². The third-order valence-electron chi connectivity index (χ3n) is 9.30. The lowest BCUT2D eigenvalue weighted by Gasteiger charge is -2.36. The van der Waals surface area contributed by atoms with Crippen molar-refractivity contribution >= 4 is 41.4 Å². The summed E-state index contributed by atoms with van der Waals surface area (Å²) < 4.78 is 22.0. The van der Waals surface area contributed by atoms with Crippen LogP contribution in [-0.4, -0.2) is 92.0 Å².